The average molecular weight is 244 g/mol. The molecule has 1 rings (SSSR count). The summed E-state index contributed by atoms with van der Waals surface area (Å²) < 4.78 is 5.47. The van der Waals surface area contributed by atoms with Crippen molar-refractivity contribution in [2.45, 2.75) is 32.8 Å². The zero-order valence-electron chi connectivity index (χ0n) is 9.24. The van der Waals surface area contributed by atoms with E-state index in [0.717, 1.165) is 12.8 Å². The molecule has 0 aliphatic heterocycles. The summed E-state index contributed by atoms with van der Waals surface area (Å²) in [5, 5.41) is 8.95. The van der Waals surface area contributed by atoms with Crippen LogP contribution in [-0.4, -0.2) is 22.2 Å². The lowest BCUT2D eigenvalue weighted by molar-refractivity contribution is 0.0695. The molecule has 0 radical (unpaired) electrons. The highest BCUT2D eigenvalue weighted by Crippen LogP contribution is 2.18. The highest BCUT2D eigenvalue weighted by molar-refractivity contribution is 6.29. The number of nitrogens with zero attached hydrogens (tertiary/aromatic N) is 1. The Kier molecular flexibility index (Phi) is 4.55. The van der Waals surface area contributed by atoms with Gasteiger partial charge in [0.1, 0.15) is 5.15 Å². The summed E-state index contributed by atoms with van der Waals surface area (Å²) in [7, 11) is 0. The standard InChI is InChI=1S/C11H14ClNO3/c1-3-4-7(2)16-10-6-8(11(14)15)5-9(12)13-10/h5-7H,3-4H2,1-2H3,(H,14,15). The van der Waals surface area contributed by atoms with Crippen molar-refractivity contribution in [3.8, 4) is 5.88 Å². The van der Waals surface area contributed by atoms with Gasteiger partial charge in [0.2, 0.25) is 5.88 Å². The Morgan fingerprint density at radius 2 is 2.31 bits per heavy atom. The SMILES string of the molecule is CCCC(C)Oc1cc(C(=O)O)cc(Cl)n1. The fraction of sp³-hybridized carbons (Fsp3) is 0.455. The van der Waals surface area contributed by atoms with Gasteiger partial charge in [0.25, 0.3) is 0 Å². The Bertz CT molecular complexity index is 381. The van der Waals surface area contributed by atoms with Gasteiger partial charge < -0.3 is 9.84 Å². The van der Waals surface area contributed by atoms with Crippen LogP contribution in [0, 0.1) is 0 Å². The molecule has 0 fully saturated rings. The van der Waals surface area contributed by atoms with Crippen LogP contribution in [0.5, 0.6) is 5.88 Å². The maximum absolute atomic E-state index is 10.8. The molecule has 88 valence electrons. The van der Waals surface area contributed by atoms with Crippen LogP contribution in [-0.2, 0) is 0 Å². The van der Waals surface area contributed by atoms with E-state index in [1.165, 1.54) is 12.1 Å². The summed E-state index contributed by atoms with van der Waals surface area (Å²) in [5.74, 6) is -0.789. The first-order valence-electron chi connectivity index (χ1n) is 5.10. The van der Waals surface area contributed by atoms with Gasteiger partial charge in [0.05, 0.1) is 11.7 Å². The van der Waals surface area contributed by atoms with E-state index in [1.54, 1.807) is 0 Å². The summed E-state index contributed by atoms with van der Waals surface area (Å²) in [4.78, 5) is 14.7. The molecule has 1 atom stereocenters. The van der Waals surface area contributed by atoms with Gasteiger partial charge >= 0.3 is 5.97 Å². The number of aromatic carboxylic acids is 1. The zero-order chi connectivity index (χ0) is 12.1. The summed E-state index contributed by atoms with van der Waals surface area (Å²) in [6, 6.07) is 2.67. The van der Waals surface area contributed by atoms with Crippen LogP contribution in [0.25, 0.3) is 0 Å². The van der Waals surface area contributed by atoms with Gasteiger partial charge in [-0.1, -0.05) is 24.9 Å². The van der Waals surface area contributed by atoms with Gasteiger partial charge in [0.15, 0.2) is 0 Å². The van der Waals surface area contributed by atoms with Crippen LogP contribution in [0.15, 0.2) is 12.1 Å². The smallest absolute Gasteiger partial charge is 0.335 e. The van der Waals surface area contributed by atoms with E-state index in [1.807, 2.05) is 13.8 Å². The molecule has 1 unspecified atom stereocenters. The third-order valence-electron chi connectivity index (χ3n) is 2.03. The van der Waals surface area contributed by atoms with Crippen molar-refractivity contribution in [3.63, 3.8) is 0 Å². The molecule has 0 bridgehead atoms. The molecule has 1 N–H and O–H groups in total. The average Bonchev–Trinajstić information content (AvgIpc) is 2.16. The predicted octanol–water partition coefficient (Wildman–Crippen LogP) is 3.00. The molecule has 16 heavy (non-hydrogen) atoms. The van der Waals surface area contributed by atoms with E-state index >= 15 is 0 Å². The van der Waals surface area contributed by atoms with Gasteiger partial charge in [-0.2, -0.15) is 0 Å². The maximum Gasteiger partial charge on any atom is 0.335 e. The van der Waals surface area contributed by atoms with Crippen LogP contribution in [0.1, 0.15) is 37.0 Å². The fourth-order valence-corrected chi connectivity index (χ4v) is 1.53. The Morgan fingerprint density at radius 3 is 2.88 bits per heavy atom. The number of aromatic nitrogens is 1. The van der Waals surface area contributed by atoms with Gasteiger partial charge in [-0.05, 0) is 19.4 Å². The number of rotatable bonds is 5. The number of halogens is 1. The second-order valence-electron chi connectivity index (χ2n) is 3.54. The molecular formula is C11H14ClNO3. The molecule has 0 saturated heterocycles. The minimum absolute atomic E-state index is 0.00221. The summed E-state index contributed by atoms with van der Waals surface area (Å²) in [6.07, 6.45) is 1.88. The van der Waals surface area contributed by atoms with E-state index in [9.17, 15) is 4.79 Å². The highest BCUT2D eigenvalue weighted by atomic mass is 35.5. The van der Waals surface area contributed by atoms with Crippen molar-refractivity contribution in [2.75, 3.05) is 0 Å². The number of ether oxygens (including phenoxy) is 1. The third-order valence-corrected chi connectivity index (χ3v) is 2.23. The van der Waals surface area contributed by atoms with Gasteiger partial charge in [-0.15, -0.1) is 0 Å². The molecule has 1 heterocycles. The number of carboxylic acids is 1. The van der Waals surface area contributed by atoms with Crippen molar-refractivity contribution < 1.29 is 14.6 Å². The molecule has 4 nitrogen and oxygen atoms in total. The molecule has 1 aromatic rings. The van der Waals surface area contributed by atoms with Gasteiger partial charge in [-0.3, -0.25) is 0 Å². The minimum Gasteiger partial charge on any atom is -0.478 e. The topological polar surface area (TPSA) is 59.4 Å². The summed E-state index contributed by atoms with van der Waals surface area (Å²) in [6.45, 7) is 3.96. The monoisotopic (exact) mass is 243 g/mol. The fourth-order valence-electron chi connectivity index (χ4n) is 1.33. The number of hydrogen-bond acceptors (Lipinski definition) is 3. The minimum atomic E-state index is -1.04. The third kappa shape index (κ3) is 3.70. The molecule has 0 aliphatic rings. The summed E-state index contributed by atoms with van der Waals surface area (Å²) >= 11 is 5.70. The number of hydrogen-bond donors (Lipinski definition) is 1. The van der Waals surface area contributed by atoms with Crippen LogP contribution in [0.3, 0.4) is 0 Å². The largest absolute Gasteiger partial charge is 0.478 e. The molecule has 0 amide bonds. The first kappa shape index (κ1) is 12.8. The lowest BCUT2D eigenvalue weighted by Gasteiger charge is -2.13. The first-order chi connectivity index (χ1) is 7.52. The molecule has 0 aromatic carbocycles. The van der Waals surface area contributed by atoms with Crippen molar-refractivity contribution in [1.82, 2.24) is 4.98 Å². The van der Waals surface area contributed by atoms with Gasteiger partial charge in [-0.25, -0.2) is 9.78 Å². The van der Waals surface area contributed by atoms with Crippen LogP contribution >= 0.6 is 11.6 Å². The van der Waals surface area contributed by atoms with E-state index in [2.05, 4.69) is 4.98 Å². The van der Waals surface area contributed by atoms with E-state index in [4.69, 9.17) is 21.4 Å². The Morgan fingerprint density at radius 1 is 1.62 bits per heavy atom. The molecule has 0 spiro atoms. The second kappa shape index (κ2) is 5.70. The normalized spacial score (nSPS) is 12.2. The molecule has 5 heteroatoms. The van der Waals surface area contributed by atoms with Crippen molar-refractivity contribution in [2.24, 2.45) is 0 Å². The predicted molar refractivity (Wildman–Crippen MR) is 61.2 cm³/mol. The number of pyridine rings is 1. The van der Waals surface area contributed by atoms with E-state index < -0.39 is 5.97 Å². The Labute approximate surface area is 99.2 Å². The first-order valence-corrected chi connectivity index (χ1v) is 5.48. The van der Waals surface area contributed by atoms with Gasteiger partial charge in [0, 0.05) is 6.07 Å². The van der Waals surface area contributed by atoms with Crippen LogP contribution in [0.4, 0.5) is 0 Å². The molecular weight excluding hydrogens is 230 g/mol. The van der Waals surface area contributed by atoms with Crippen molar-refractivity contribution in [3.05, 3.63) is 22.8 Å². The van der Waals surface area contributed by atoms with Crippen LogP contribution in [0.2, 0.25) is 5.15 Å². The van der Waals surface area contributed by atoms with E-state index in [0.29, 0.717) is 0 Å². The lowest BCUT2D eigenvalue weighted by atomic mass is 10.2. The maximum atomic E-state index is 10.8. The number of carbonyl (C=O) groups is 1. The van der Waals surface area contributed by atoms with Crippen molar-refractivity contribution >= 4 is 17.6 Å². The Hall–Kier alpha value is -1.29. The number of carboxylic acid groups (broad SMARTS) is 1. The van der Waals surface area contributed by atoms with E-state index in [-0.39, 0.29) is 22.7 Å². The zero-order valence-corrected chi connectivity index (χ0v) is 9.99. The second-order valence-corrected chi connectivity index (χ2v) is 3.93. The van der Waals surface area contributed by atoms with Crippen molar-refractivity contribution in [1.29, 1.82) is 0 Å². The molecule has 1 aromatic heterocycles. The molecule has 0 aliphatic carbocycles. The van der Waals surface area contributed by atoms with Crippen LogP contribution < -0.4 is 4.74 Å². The molecule has 0 saturated carbocycles. The highest BCUT2D eigenvalue weighted by Gasteiger charge is 2.10. The Balaban J connectivity index is 2.84. The quantitative estimate of drug-likeness (QED) is 0.808. The summed E-state index contributed by atoms with van der Waals surface area (Å²) in [5.41, 5.74) is 0.0821. The lowest BCUT2D eigenvalue weighted by Crippen LogP contribution is -2.12.